The summed E-state index contributed by atoms with van der Waals surface area (Å²) in [5.74, 6) is 1.66. The first-order valence-corrected chi connectivity index (χ1v) is 10.1. The summed E-state index contributed by atoms with van der Waals surface area (Å²) >= 11 is 0. The van der Waals surface area contributed by atoms with Gasteiger partial charge in [-0.15, -0.1) is 0 Å². The van der Waals surface area contributed by atoms with Crippen molar-refractivity contribution in [1.82, 2.24) is 20.4 Å². The molecule has 0 aromatic heterocycles. The third-order valence-corrected chi connectivity index (χ3v) is 5.52. The van der Waals surface area contributed by atoms with Crippen molar-refractivity contribution in [3.63, 3.8) is 0 Å². The van der Waals surface area contributed by atoms with E-state index in [0.29, 0.717) is 6.04 Å². The van der Waals surface area contributed by atoms with E-state index in [1.165, 1.54) is 31.5 Å². The topological polar surface area (TPSA) is 42.9 Å². The van der Waals surface area contributed by atoms with Crippen molar-refractivity contribution in [2.45, 2.75) is 32.7 Å². The number of hydrogen-bond acceptors (Lipinski definition) is 3. The lowest BCUT2D eigenvalue weighted by Gasteiger charge is -2.31. The summed E-state index contributed by atoms with van der Waals surface area (Å²) in [5, 5.41) is 7.09. The van der Waals surface area contributed by atoms with Crippen LogP contribution in [-0.4, -0.2) is 69.1 Å². The van der Waals surface area contributed by atoms with Crippen molar-refractivity contribution in [2.75, 3.05) is 53.4 Å². The zero-order valence-electron chi connectivity index (χ0n) is 17.0. The Morgan fingerprint density at radius 2 is 1.81 bits per heavy atom. The Balaban J connectivity index is 1.89. The SMILES string of the molecule is CCN(CC)C(CNC(=NC)NCC1CCN(C)CC1)c1ccccc1. The maximum Gasteiger partial charge on any atom is 0.191 e. The molecular formula is C21H37N5. The quantitative estimate of drug-likeness (QED) is 0.553. The third kappa shape index (κ3) is 6.29. The molecule has 1 saturated heterocycles. The van der Waals surface area contributed by atoms with Crippen LogP contribution in [0.5, 0.6) is 0 Å². The summed E-state index contributed by atoms with van der Waals surface area (Å²) in [5.41, 5.74) is 1.36. The zero-order valence-corrected chi connectivity index (χ0v) is 17.0. The second-order valence-electron chi connectivity index (χ2n) is 7.23. The predicted octanol–water partition coefficient (Wildman–Crippen LogP) is 2.58. The van der Waals surface area contributed by atoms with Gasteiger partial charge in [-0.1, -0.05) is 44.2 Å². The van der Waals surface area contributed by atoms with Gasteiger partial charge in [-0.25, -0.2) is 0 Å². The van der Waals surface area contributed by atoms with E-state index >= 15 is 0 Å². The molecule has 0 bridgehead atoms. The number of rotatable bonds is 8. The Hall–Kier alpha value is -1.59. The normalized spacial score (nSPS) is 18.1. The van der Waals surface area contributed by atoms with Gasteiger partial charge in [0.15, 0.2) is 5.96 Å². The standard InChI is InChI=1S/C21H37N5/c1-5-26(6-2)20(19-10-8-7-9-11-19)17-24-21(22-3)23-16-18-12-14-25(4)15-13-18/h7-11,18,20H,5-6,12-17H2,1-4H3,(H2,22,23,24). The molecule has 5 heteroatoms. The molecule has 1 atom stereocenters. The lowest BCUT2D eigenvalue weighted by molar-refractivity contribution is 0.216. The van der Waals surface area contributed by atoms with Crippen molar-refractivity contribution in [1.29, 1.82) is 0 Å². The average molecular weight is 360 g/mol. The number of guanidine groups is 1. The van der Waals surface area contributed by atoms with Gasteiger partial charge in [0.1, 0.15) is 0 Å². The number of likely N-dealkylation sites (N-methyl/N-ethyl adjacent to an activating group) is 1. The fourth-order valence-electron chi connectivity index (χ4n) is 3.72. The number of nitrogens with one attached hydrogen (secondary N) is 2. The average Bonchev–Trinajstić information content (AvgIpc) is 2.69. The van der Waals surface area contributed by atoms with Crippen molar-refractivity contribution in [2.24, 2.45) is 10.9 Å². The molecule has 26 heavy (non-hydrogen) atoms. The highest BCUT2D eigenvalue weighted by atomic mass is 15.2. The van der Waals surface area contributed by atoms with Gasteiger partial charge < -0.3 is 15.5 Å². The molecule has 1 aliphatic rings. The van der Waals surface area contributed by atoms with Crippen molar-refractivity contribution in [3.05, 3.63) is 35.9 Å². The highest BCUT2D eigenvalue weighted by Gasteiger charge is 2.19. The Morgan fingerprint density at radius 1 is 1.15 bits per heavy atom. The lowest BCUT2D eigenvalue weighted by Crippen LogP contribution is -2.45. The molecule has 1 heterocycles. The lowest BCUT2D eigenvalue weighted by atomic mass is 9.97. The van der Waals surface area contributed by atoms with Gasteiger partial charge in [0, 0.05) is 20.1 Å². The van der Waals surface area contributed by atoms with Crippen LogP contribution in [0.2, 0.25) is 0 Å². The highest BCUT2D eigenvalue weighted by Crippen LogP contribution is 2.19. The van der Waals surface area contributed by atoms with Crippen LogP contribution in [0.25, 0.3) is 0 Å². The summed E-state index contributed by atoms with van der Waals surface area (Å²) in [6.45, 7) is 10.8. The van der Waals surface area contributed by atoms with Crippen molar-refractivity contribution < 1.29 is 0 Å². The Bertz CT molecular complexity index is 518. The molecule has 146 valence electrons. The fraction of sp³-hybridized carbons (Fsp3) is 0.667. The molecule has 1 aliphatic heterocycles. The fourth-order valence-corrected chi connectivity index (χ4v) is 3.72. The molecule has 2 rings (SSSR count). The smallest absolute Gasteiger partial charge is 0.191 e. The Morgan fingerprint density at radius 3 is 2.38 bits per heavy atom. The van der Waals surface area contributed by atoms with Gasteiger partial charge in [0.2, 0.25) is 0 Å². The van der Waals surface area contributed by atoms with Gasteiger partial charge in [-0.3, -0.25) is 9.89 Å². The number of likely N-dealkylation sites (tertiary alicyclic amines) is 1. The first-order valence-electron chi connectivity index (χ1n) is 10.1. The molecule has 0 amide bonds. The highest BCUT2D eigenvalue weighted by molar-refractivity contribution is 5.79. The molecule has 1 fully saturated rings. The van der Waals surface area contributed by atoms with Gasteiger partial charge in [0.05, 0.1) is 6.04 Å². The first-order chi connectivity index (χ1) is 12.7. The van der Waals surface area contributed by atoms with Crippen LogP contribution >= 0.6 is 0 Å². The van der Waals surface area contributed by atoms with Gasteiger partial charge >= 0.3 is 0 Å². The van der Waals surface area contributed by atoms with Crippen LogP contribution in [0.3, 0.4) is 0 Å². The molecular weight excluding hydrogens is 322 g/mol. The van der Waals surface area contributed by atoms with Crippen LogP contribution in [0, 0.1) is 5.92 Å². The molecule has 0 aliphatic carbocycles. The van der Waals surface area contributed by atoms with Gasteiger partial charge in [-0.2, -0.15) is 0 Å². The van der Waals surface area contributed by atoms with Gasteiger partial charge in [-0.05, 0) is 57.5 Å². The summed E-state index contributed by atoms with van der Waals surface area (Å²) in [6, 6.07) is 11.1. The minimum Gasteiger partial charge on any atom is -0.356 e. The van der Waals surface area contributed by atoms with Crippen LogP contribution < -0.4 is 10.6 Å². The van der Waals surface area contributed by atoms with Crippen LogP contribution in [0.1, 0.15) is 38.3 Å². The number of benzene rings is 1. The van der Waals surface area contributed by atoms with E-state index in [1.807, 2.05) is 7.05 Å². The van der Waals surface area contributed by atoms with E-state index in [9.17, 15) is 0 Å². The summed E-state index contributed by atoms with van der Waals surface area (Å²) < 4.78 is 0. The maximum absolute atomic E-state index is 4.43. The predicted molar refractivity (Wildman–Crippen MR) is 112 cm³/mol. The second kappa shape index (κ2) is 11.2. The Kier molecular flexibility index (Phi) is 8.92. The molecule has 1 aromatic rings. The monoisotopic (exact) mass is 359 g/mol. The molecule has 0 saturated carbocycles. The van der Waals surface area contributed by atoms with E-state index in [2.05, 4.69) is 76.7 Å². The van der Waals surface area contributed by atoms with E-state index in [1.54, 1.807) is 0 Å². The molecule has 2 N–H and O–H groups in total. The van der Waals surface area contributed by atoms with E-state index in [0.717, 1.165) is 38.1 Å². The summed E-state index contributed by atoms with van der Waals surface area (Å²) in [6.07, 6.45) is 2.54. The molecule has 0 radical (unpaired) electrons. The minimum absolute atomic E-state index is 0.355. The number of aliphatic imine (C=N–C) groups is 1. The van der Waals surface area contributed by atoms with E-state index < -0.39 is 0 Å². The molecule has 0 spiro atoms. The van der Waals surface area contributed by atoms with Crippen LogP contribution in [-0.2, 0) is 0 Å². The van der Waals surface area contributed by atoms with Crippen LogP contribution in [0.4, 0.5) is 0 Å². The zero-order chi connectivity index (χ0) is 18.8. The van der Waals surface area contributed by atoms with Crippen LogP contribution in [0.15, 0.2) is 35.3 Å². The summed E-state index contributed by atoms with van der Waals surface area (Å²) in [7, 11) is 4.07. The minimum atomic E-state index is 0.355. The number of nitrogens with zero attached hydrogens (tertiary/aromatic N) is 3. The number of hydrogen-bond donors (Lipinski definition) is 2. The Labute approximate surface area is 159 Å². The third-order valence-electron chi connectivity index (χ3n) is 5.52. The maximum atomic E-state index is 4.43. The number of piperidine rings is 1. The van der Waals surface area contributed by atoms with E-state index in [-0.39, 0.29) is 0 Å². The van der Waals surface area contributed by atoms with Gasteiger partial charge in [0.25, 0.3) is 0 Å². The van der Waals surface area contributed by atoms with Crippen molar-refractivity contribution >= 4 is 5.96 Å². The summed E-state index contributed by atoms with van der Waals surface area (Å²) in [4.78, 5) is 9.34. The second-order valence-corrected chi connectivity index (χ2v) is 7.23. The molecule has 5 nitrogen and oxygen atoms in total. The molecule has 1 unspecified atom stereocenters. The van der Waals surface area contributed by atoms with Crippen molar-refractivity contribution in [3.8, 4) is 0 Å². The van der Waals surface area contributed by atoms with E-state index in [4.69, 9.17) is 0 Å². The largest absolute Gasteiger partial charge is 0.356 e. The molecule has 1 aromatic carbocycles. The first kappa shape index (κ1) is 20.7.